The fraction of sp³-hybridized carbons (Fsp3) is 0.438. The van der Waals surface area contributed by atoms with Crippen molar-refractivity contribution >= 4 is 17.7 Å². The Labute approximate surface area is 115 Å². The van der Waals surface area contributed by atoms with Gasteiger partial charge in [0.15, 0.2) is 0 Å². The molecule has 0 heterocycles. The molecule has 0 spiro atoms. The standard InChI is InChI=1S/C16H23NO2/c1-5-10-17(12(2)3)15-8-6-14(13(4)11-15)7-9-16(18)19/h6-9,11-12H,5,10H2,1-4H3,(H,18,19). The summed E-state index contributed by atoms with van der Waals surface area (Å²) in [6, 6.07) is 6.62. The quantitative estimate of drug-likeness (QED) is 0.793. The summed E-state index contributed by atoms with van der Waals surface area (Å²) in [7, 11) is 0. The van der Waals surface area contributed by atoms with Gasteiger partial charge in [-0.15, -0.1) is 0 Å². The molecule has 0 unspecified atom stereocenters. The summed E-state index contributed by atoms with van der Waals surface area (Å²) in [6.45, 7) is 9.58. The summed E-state index contributed by atoms with van der Waals surface area (Å²) in [5.41, 5.74) is 3.24. The zero-order chi connectivity index (χ0) is 14.4. The summed E-state index contributed by atoms with van der Waals surface area (Å²) in [5.74, 6) is -0.918. The third kappa shape index (κ3) is 4.43. The first-order chi connectivity index (χ1) is 8.95. The van der Waals surface area contributed by atoms with Crippen molar-refractivity contribution < 1.29 is 9.90 Å². The van der Waals surface area contributed by atoms with Crippen LogP contribution in [0.25, 0.3) is 6.08 Å². The van der Waals surface area contributed by atoms with Gasteiger partial charge in [0.1, 0.15) is 0 Å². The number of rotatable bonds is 6. The van der Waals surface area contributed by atoms with E-state index in [9.17, 15) is 4.79 Å². The van der Waals surface area contributed by atoms with Gasteiger partial charge in [-0.2, -0.15) is 0 Å². The fourth-order valence-corrected chi connectivity index (χ4v) is 2.11. The molecule has 1 N–H and O–H groups in total. The van der Waals surface area contributed by atoms with Crippen LogP contribution in [0.1, 0.15) is 38.3 Å². The maximum absolute atomic E-state index is 10.5. The monoisotopic (exact) mass is 261 g/mol. The van der Waals surface area contributed by atoms with Gasteiger partial charge in [0.05, 0.1) is 0 Å². The van der Waals surface area contributed by atoms with Gasteiger partial charge in [0.2, 0.25) is 0 Å². The lowest BCUT2D eigenvalue weighted by Crippen LogP contribution is -2.31. The Morgan fingerprint density at radius 2 is 2.11 bits per heavy atom. The van der Waals surface area contributed by atoms with Crippen molar-refractivity contribution in [2.75, 3.05) is 11.4 Å². The van der Waals surface area contributed by atoms with E-state index in [2.05, 4.69) is 37.8 Å². The summed E-state index contributed by atoms with van der Waals surface area (Å²) in [5, 5.41) is 8.66. The van der Waals surface area contributed by atoms with Crippen molar-refractivity contribution in [1.82, 2.24) is 0 Å². The molecule has 0 aliphatic heterocycles. The molecule has 104 valence electrons. The van der Waals surface area contributed by atoms with Crippen LogP contribution in [-0.2, 0) is 4.79 Å². The highest BCUT2D eigenvalue weighted by Crippen LogP contribution is 2.22. The molecule has 0 radical (unpaired) electrons. The first-order valence-electron chi connectivity index (χ1n) is 6.74. The van der Waals surface area contributed by atoms with Crippen LogP contribution in [0.4, 0.5) is 5.69 Å². The average molecular weight is 261 g/mol. The minimum atomic E-state index is -0.918. The fourth-order valence-electron chi connectivity index (χ4n) is 2.11. The first-order valence-corrected chi connectivity index (χ1v) is 6.74. The second-order valence-electron chi connectivity index (χ2n) is 5.00. The lowest BCUT2D eigenvalue weighted by molar-refractivity contribution is -0.131. The molecule has 3 nitrogen and oxygen atoms in total. The highest BCUT2D eigenvalue weighted by atomic mass is 16.4. The molecule has 19 heavy (non-hydrogen) atoms. The second-order valence-corrected chi connectivity index (χ2v) is 5.00. The molecular formula is C16H23NO2. The van der Waals surface area contributed by atoms with Crippen molar-refractivity contribution in [2.45, 2.75) is 40.2 Å². The minimum absolute atomic E-state index is 0.458. The molecule has 0 amide bonds. The molecule has 0 atom stereocenters. The van der Waals surface area contributed by atoms with E-state index in [0.29, 0.717) is 6.04 Å². The number of carboxylic acids is 1. The number of anilines is 1. The Kier molecular flexibility index (Phi) is 5.61. The van der Waals surface area contributed by atoms with Gasteiger partial charge in [-0.3, -0.25) is 0 Å². The summed E-state index contributed by atoms with van der Waals surface area (Å²) < 4.78 is 0. The SMILES string of the molecule is CCCN(c1ccc(C=CC(=O)O)c(C)c1)C(C)C. The number of hydrogen-bond donors (Lipinski definition) is 1. The number of hydrogen-bond acceptors (Lipinski definition) is 2. The second kappa shape index (κ2) is 6.98. The molecular weight excluding hydrogens is 238 g/mol. The van der Waals surface area contributed by atoms with Gasteiger partial charge >= 0.3 is 5.97 Å². The number of aliphatic carboxylic acids is 1. The molecule has 0 fully saturated rings. The minimum Gasteiger partial charge on any atom is -0.478 e. The molecule has 1 rings (SSSR count). The number of benzene rings is 1. The van der Waals surface area contributed by atoms with Crippen molar-refractivity contribution in [2.24, 2.45) is 0 Å². The lowest BCUT2D eigenvalue weighted by Gasteiger charge is -2.29. The van der Waals surface area contributed by atoms with Gasteiger partial charge < -0.3 is 10.0 Å². The van der Waals surface area contributed by atoms with E-state index in [4.69, 9.17) is 5.11 Å². The highest BCUT2D eigenvalue weighted by Gasteiger charge is 2.10. The van der Waals surface area contributed by atoms with Crippen LogP contribution < -0.4 is 4.90 Å². The number of aryl methyl sites for hydroxylation is 1. The zero-order valence-electron chi connectivity index (χ0n) is 12.2. The van der Waals surface area contributed by atoms with E-state index in [1.54, 1.807) is 6.08 Å². The predicted molar refractivity (Wildman–Crippen MR) is 80.6 cm³/mol. The van der Waals surface area contributed by atoms with Crippen LogP contribution in [0.3, 0.4) is 0 Å². The van der Waals surface area contributed by atoms with Crippen LogP contribution in [0.2, 0.25) is 0 Å². The van der Waals surface area contributed by atoms with E-state index in [0.717, 1.165) is 24.1 Å². The largest absolute Gasteiger partial charge is 0.478 e. The van der Waals surface area contributed by atoms with E-state index < -0.39 is 5.97 Å². The van der Waals surface area contributed by atoms with Crippen molar-refractivity contribution in [3.63, 3.8) is 0 Å². The molecule has 1 aromatic carbocycles. The van der Waals surface area contributed by atoms with Crippen LogP contribution in [0, 0.1) is 6.92 Å². The molecule has 3 heteroatoms. The van der Waals surface area contributed by atoms with Crippen molar-refractivity contribution in [3.8, 4) is 0 Å². The van der Waals surface area contributed by atoms with Crippen LogP contribution in [-0.4, -0.2) is 23.7 Å². The van der Waals surface area contributed by atoms with E-state index in [-0.39, 0.29) is 0 Å². The molecule has 1 aromatic rings. The molecule has 0 saturated carbocycles. The van der Waals surface area contributed by atoms with Crippen LogP contribution in [0.15, 0.2) is 24.3 Å². The topological polar surface area (TPSA) is 40.5 Å². The maximum atomic E-state index is 10.5. The third-order valence-electron chi connectivity index (χ3n) is 3.08. The number of nitrogens with zero attached hydrogens (tertiary/aromatic N) is 1. The molecule has 0 aliphatic rings. The van der Waals surface area contributed by atoms with Crippen LogP contribution >= 0.6 is 0 Å². The van der Waals surface area contributed by atoms with Gasteiger partial charge in [-0.05, 0) is 56.5 Å². The number of carbonyl (C=O) groups is 1. The van der Waals surface area contributed by atoms with Crippen LogP contribution in [0.5, 0.6) is 0 Å². The Bertz CT molecular complexity index is 464. The molecule has 0 saturated heterocycles. The van der Waals surface area contributed by atoms with Crippen molar-refractivity contribution in [3.05, 3.63) is 35.4 Å². The van der Waals surface area contributed by atoms with E-state index in [1.165, 1.54) is 11.8 Å². The average Bonchev–Trinajstić information content (AvgIpc) is 2.33. The smallest absolute Gasteiger partial charge is 0.328 e. The van der Waals surface area contributed by atoms with Gasteiger partial charge in [0.25, 0.3) is 0 Å². The summed E-state index contributed by atoms with van der Waals surface area (Å²) in [6.07, 6.45) is 3.92. The van der Waals surface area contributed by atoms with E-state index in [1.807, 2.05) is 13.0 Å². The van der Waals surface area contributed by atoms with Crippen molar-refractivity contribution in [1.29, 1.82) is 0 Å². The van der Waals surface area contributed by atoms with E-state index >= 15 is 0 Å². The Morgan fingerprint density at radius 3 is 2.58 bits per heavy atom. The Hall–Kier alpha value is -1.77. The molecule has 0 aliphatic carbocycles. The first kappa shape index (κ1) is 15.3. The highest BCUT2D eigenvalue weighted by molar-refractivity contribution is 5.85. The third-order valence-corrected chi connectivity index (χ3v) is 3.08. The maximum Gasteiger partial charge on any atom is 0.328 e. The van der Waals surface area contributed by atoms with Gasteiger partial charge in [-0.1, -0.05) is 13.0 Å². The summed E-state index contributed by atoms with van der Waals surface area (Å²) in [4.78, 5) is 12.9. The molecule has 0 aromatic heterocycles. The Balaban J connectivity index is 3.00. The summed E-state index contributed by atoms with van der Waals surface area (Å²) >= 11 is 0. The lowest BCUT2D eigenvalue weighted by atomic mass is 10.1. The Morgan fingerprint density at radius 1 is 1.42 bits per heavy atom. The van der Waals surface area contributed by atoms with Gasteiger partial charge in [0, 0.05) is 24.4 Å². The van der Waals surface area contributed by atoms with Gasteiger partial charge in [-0.25, -0.2) is 4.79 Å². The predicted octanol–water partition coefficient (Wildman–Crippen LogP) is 3.72. The zero-order valence-corrected chi connectivity index (χ0v) is 12.2. The normalized spacial score (nSPS) is 11.2. The number of carboxylic acid groups (broad SMARTS) is 1. The molecule has 0 bridgehead atoms.